The summed E-state index contributed by atoms with van der Waals surface area (Å²) in [5.74, 6) is -0.230. The highest BCUT2D eigenvalue weighted by molar-refractivity contribution is 5.66. The van der Waals surface area contributed by atoms with Gasteiger partial charge in [-0.15, -0.1) is 0 Å². The molecule has 6 heteroatoms. The number of rotatable bonds is 4. The van der Waals surface area contributed by atoms with Gasteiger partial charge in [0.1, 0.15) is 17.5 Å². The van der Waals surface area contributed by atoms with E-state index in [1.165, 1.54) is 16.8 Å². The Labute approximate surface area is 103 Å². The van der Waals surface area contributed by atoms with Crippen molar-refractivity contribution in [2.75, 3.05) is 0 Å². The molecule has 18 heavy (non-hydrogen) atoms. The molecule has 0 saturated heterocycles. The second kappa shape index (κ2) is 4.95. The molecule has 0 spiro atoms. The number of carboxylic acids is 1. The number of benzene rings is 1. The molecule has 0 bridgehead atoms. The van der Waals surface area contributed by atoms with Crippen molar-refractivity contribution in [2.45, 2.75) is 19.8 Å². The summed E-state index contributed by atoms with van der Waals surface area (Å²) < 4.78 is 14.6. The Kier molecular flexibility index (Phi) is 3.36. The van der Waals surface area contributed by atoms with Crippen LogP contribution in [0, 0.1) is 12.7 Å². The van der Waals surface area contributed by atoms with Gasteiger partial charge in [0, 0.05) is 6.42 Å². The first kappa shape index (κ1) is 12.2. The number of carboxylic acid groups (broad SMARTS) is 1. The minimum Gasteiger partial charge on any atom is -0.481 e. The van der Waals surface area contributed by atoms with Crippen molar-refractivity contribution >= 4 is 5.97 Å². The Balaban J connectivity index is 2.35. The number of carbonyl (C=O) groups is 1. The van der Waals surface area contributed by atoms with Crippen LogP contribution in [0.4, 0.5) is 4.39 Å². The molecule has 0 aliphatic heterocycles. The van der Waals surface area contributed by atoms with Crippen molar-refractivity contribution in [1.29, 1.82) is 0 Å². The Bertz CT molecular complexity index is 580. The minimum absolute atomic E-state index is 0.0343. The summed E-state index contributed by atoms with van der Waals surface area (Å²) in [5, 5.41) is 12.8. The van der Waals surface area contributed by atoms with Crippen molar-refractivity contribution in [3.8, 4) is 5.69 Å². The summed E-state index contributed by atoms with van der Waals surface area (Å²) in [7, 11) is 0. The number of nitrogens with zero attached hydrogens (tertiary/aromatic N) is 3. The van der Waals surface area contributed by atoms with E-state index < -0.39 is 5.97 Å². The molecular formula is C12H12FN3O2. The quantitative estimate of drug-likeness (QED) is 0.896. The number of hydrogen-bond donors (Lipinski definition) is 1. The molecular weight excluding hydrogens is 237 g/mol. The van der Waals surface area contributed by atoms with Crippen molar-refractivity contribution in [3.63, 3.8) is 0 Å². The van der Waals surface area contributed by atoms with Crippen LogP contribution < -0.4 is 0 Å². The molecule has 0 amide bonds. The van der Waals surface area contributed by atoms with E-state index in [4.69, 9.17) is 5.11 Å². The highest BCUT2D eigenvalue weighted by atomic mass is 19.1. The van der Waals surface area contributed by atoms with E-state index in [0.29, 0.717) is 17.3 Å². The van der Waals surface area contributed by atoms with E-state index >= 15 is 0 Å². The number of aliphatic carboxylic acids is 1. The van der Waals surface area contributed by atoms with Gasteiger partial charge in [-0.25, -0.2) is 14.1 Å². The third kappa shape index (κ3) is 2.71. The molecule has 1 N–H and O–H groups in total. The monoisotopic (exact) mass is 249 g/mol. The van der Waals surface area contributed by atoms with Crippen molar-refractivity contribution < 1.29 is 14.3 Å². The minimum atomic E-state index is -0.901. The predicted molar refractivity (Wildman–Crippen MR) is 62.0 cm³/mol. The molecule has 2 rings (SSSR count). The van der Waals surface area contributed by atoms with Crippen LogP contribution >= 0.6 is 0 Å². The number of hydrogen-bond acceptors (Lipinski definition) is 3. The van der Waals surface area contributed by atoms with E-state index in [2.05, 4.69) is 10.1 Å². The third-order valence-corrected chi connectivity index (χ3v) is 2.40. The van der Waals surface area contributed by atoms with Gasteiger partial charge < -0.3 is 5.11 Å². The van der Waals surface area contributed by atoms with E-state index in [0.717, 1.165) is 0 Å². The SMILES string of the molecule is Cc1nc(CCC(=O)O)n(-c2cccc(F)c2)n1. The fraction of sp³-hybridized carbons (Fsp3) is 0.250. The summed E-state index contributed by atoms with van der Waals surface area (Å²) in [6, 6.07) is 5.94. The zero-order chi connectivity index (χ0) is 13.1. The molecule has 0 radical (unpaired) electrons. The van der Waals surface area contributed by atoms with Gasteiger partial charge in [-0.3, -0.25) is 4.79 Å². The van der Waals surface area contributed by atoms with Crippen molar-refractivity contribution in [2.24, 2.45) is 0 Å². The van der Waals surface area contributed by atoms with Gasteiger partial charge in [-0.05, 0) is 25.1 Å². The molecule has 5 nitrogen and oxygen atoms in total. The lowest BCUT2D eigenvalue weighted by Crippen LogP contribution is -2.06. The van der Waals surface area contributed by atoms with E-state index in [1.807, 2.05) is 0 Å². The number of halogens is 1. The van der Waals surface area contributed by atoms with Crippen LogP contribution in [-0.2, 0) is 11.2 Å². The van der Waals surface area contributed by atoms with Gasteiger partial charge >= 0.3 is 5.97 Å². The zero-order valence-corrected chi connectivity index (χ0v) is 9.80. The highest BCUT2D eigenvalue weighted by Gasteiger charge is 2.11. The standard InChI is InChI=1S/C12H12FN3O2/c1-8-14-11(5-6-12(17)18)16(15-8)10-4-2-3-9(13)7-10/h2-4,7H,5-6H2,1H3,(H,17,18). The van der Waals surface area contributed by atoms with Crippen LogP contribution in [0.2, 0.25) is 0 Å². The summed E-state index contributed by atoms with van der Waals surface area (Å²) >= 11 is 0. The summed E-state index contributed by atoms with van der Waals surface area (Å²) in [6.07, 6.45) is 0.222. The lowest BCUT2D eigenvalue weighted by atomic mass is 10.2. The van der Waals surface area contributed by atoms with Crippen LogP contribution in [0.15, 0.2) is 24.3 Å². The largest absolute Gasteiger partial charge is 0.481 e. The van der Waals surface area contributed by atoms with Gasteiger partial charge in [0.25, 0.3) is 0 Å². The molecule has 0 aliphatic rings. The van der Waals surface area contributed by atoms with Crippen molar-refractivity contribution in [1.82, 2.24) is 14.8 Å². The van der Waals surface area contributed by atoms with Gasteiger partial charge in [-0.2, -0.15) is 5.10 Å². The van der Waals surface area contributed by atoms with Crippen molar-refractivity contribution in [3.05, 3.63) is 41.7 Å². The van der Waals surface area contributed by atoms with Gasteiger partial charge in [0.15, 0.2) is 0 Å². The Morgan fingerprint density at radius 1 is 1.50 bits per heavy atom. The van der Waals surface area contributed by atoms with Crippen LogP contribution in [0.1, 0.15) is 18.1 Å². The Hall–Kier alpha value is -2.24. The van der Waals surface area contributed by atoms with E-state index in [-0.39, 0.29) is 18.7 Å². The Morgan fingerprint density at radius 2 is 2.28 bits per heavy atom. The normalized spacial score (nSPS) is 10.6. The molecule has 2 aromatic rings. The molecule has 94 valence electrons. The summed E-state index contributed by atoms with van der Waals surface area (Å²) in [6.45, 7) is 1.71. The average molecular weight is 249 g/mol. The smallest absolute Gasteiger partial charge is 0.303 e. The molecule has 1 aromatic heterocycles. The average Bonchev–Trinajstić information content (AvgIpc) is 2.68. The van der Waals surface area contributed by atoms with Gasteiger partial charge in [0.2, 0.25) is 0 Å². The van der Waals surface area contributed by atoms with Gasteiger partial charge in [-0.1, -0.05) is 6.07 Å². The maximum absolute atomic E-state index is 13.1. The molecule has 1 heterocycles. The molecule has 1 aromatic carbocycles. The topological polar surface area (TPSA) is 68.0 Å². The molecule has 0 fully saturated rings. The summed E-state index contributed by atoms with van der Waals surface area (Å²) in [5.41, 5.74) is 0.538. The predicted octanol–water partition coefficient (Wildman–Crippen LogP) is 1.73. The second-order valence-electron chi connectivity index (χ2n) is 3.86. The number of aryl methyl sites for hydroxylation is 2. The third-order valence-electron chi connectivity index (χ3n) is 2.40. The molecule has 0 saturated carbocycles. The molecule has 0 unspecified atom stereocenters. The first-order valence-corrected chi connectivity index (χ1v) is 5.46. The second-order valence-corrected chi connectivity index (χ2v) is 3.86. The van der Waals surface area contributed by atoms with Crippen LogP contribution in [0.5, 0.6) is 0 Å². The lowest BCUT2D eigenvalue weighted by molar-refractivity contribution is -0.137. The van der Waals surface area contributed by atoms with Crippen LogP contribution in [0.25, 0.3) is 5.69 Å². The van der Waals surface area contributed by atoms with E-state index in [1.54, 1.807) is 19.1 Å². The fourth-order valence-electron chi connectivity index (χ4n) is 1.65. The molecule has 0 aliphatic carbocycles. The van der Waals surface area contributed by atoms with Crippen LogP contribution in [-0.4, -0.2) is 25.8 Å². The highest BCUT2D eigenvalue weighted by Crippen LogP contribution is 2.12. The first-order chi connectivity index (χ1) is 8.56. The maximum Gasteiger partial charge on any atom is 0.303 e. The summed E-state index contributed by atoms with van der Waals surface area (Å²) in [4.78, 5) is 14.7. The van der Waals surface area contributed by atoms with E-state index in [9.17, 15) is 9.18 Å². The lowest BCUT2D eigenvalue weighted by Gasteiger charge is -2.04. The first-order valence-electron chi connectivity index (χ1n) is 5.46. The zero-order valence-electron chi connectivity index (χ0n) is 9.80. The molecule has 0 atom stereocenters. The maximum atomic E-state index is 13.1. The van der Waals surface area contributed by atoms with Gasteiger partial charge in [0.05, 0.1) is 12.1 Å². The fourth-order valence-corrected chi connectivity index (χ4v) is 1.65. The van der Waals surface area contributed by atoms with Crippen LogP contribution in [0.3, 0.4) is 0 Å². The number of aromatic nitrogens is 3. The Morgan fingerprint density at radius 3 is 2.94 bits per heavy atom.